The Morgan fingerprint density at radius 3 is 2.33 bits per heavy atom. The van der Waals surface area contributed by atoms with Crippen molar-refractivity contribution in [1.82, 2.24) is 0 Å². The molecule has 0 heterocycles. The Morgan fingerprint density at radius 2 is 1.75 bits per heavy atom. The molecule has 9 heteroatoms. The second-order valence-corrected chi connectivity index (χ2v) is 8.39. The van der Waals surface area contributed by atoms with Crippen molar-refractivity contribution in [1.29, 1.82) is 0 Å². The third-order valence-electron chi connectivity index (χ3n) is 3.11. The van der Waals surface area contributed by atoms with Crippen LogP contribution in [0.1, 0.15) is 6.42 Å². The molecule has 0 saturated heterocycles. The molecule has 0 unspecified atom stereocenters. The maximum absolute atomic E-state index is 12.9. The maximum atomic E-state index is 12.9. The number of rotatable bonds is 6. The molecule has 1 N–H and O–H groups in total. The van der Waals surface area contributed by atoms with Crippen LogP contribution >= 0.6 is 39.1 Å². The molecule has 2 aromatic carbocycles. The van der Waals surface area contributed by atoms with Gasteiger partial charge in [0.2, 0.25) is 0 Å². The van der Waals surface area contributed by atoms with Crippen LogP contribution in [0.25, 0.3) is 0 Å². The third kappa shape index (κ3) is 4.42. The highest BCUT2D eigenvalue weighted by molar-refractivity contribution is 9.10. The molecule has 0 amide bonds. The highest BCUT2D eigenvalue weighted by Gasteiger charge is 2.27. The Hall–Kier alpha value is -1.28. The van der Waals surface area contributed by atoms with Crippen LogP contribution in [0.2, 0.25) is 10.0 Å². The number of aliphatic carboxylic acids is 1. The quantitative estimate of drug-likeness (QED) is 0.703. The summed E-state index contributed by atoms with van der Waals surface area (Å²) in [7, 11) is -4.00. The summed E-state index contributed by atoms with van der Waals surface area (Å²) in [5.41, 5.74) is 0.133. The first kappa shape index (κ1) is 19.1. The van der Waals surface area contributed by atoms with Gasteiger partial charge in [0, 0.05) is 16.0 Å². The fourth-order valence-corrected chi connectivity index (χ4v) is 4.15. The van der Waals surface area contributed by atoms with Gasteiger partial charge in [-0.25, -0.2) is 8.42 Å². The molecule has 0 saturated carbocycles. The largest absolute Gasteiger partial charge is 0.481 e. The normalized spacial score (nSPS) is 11.3. The van der Waals surface area contributed by atoms with E-state index in [4.69, 9.17) is 28.3 Å². The minimum absolute atomic E-state index is 0.0205. The van der Waals surface area contributed by atoms with Gasteiger partial charge in [-0.2, -0.15) is 0 Å². The number of benzene rings is 2. The smallest absolute Gasteiger partial charge is 0.305 e. The summed E-state index contributed by atoms with van der Waals surface area (Å²) in [6, 6.07) is 10.4. The highest BCUT2D eigenvalue weighted by atomic mass is 79.9. The van der Waals surface area contributed by atoms with Crippen LogP contribution < -0.4 is 4.31 Å². The van der Waals surface area contributed by atoms with Crippen LogP contribution in [0.15, 0.2) is 51.8 Å². The predicted octanol–water partition coefficient (Wildman–Crippen LogP) is 4.43. The Labute approximate surface area is 158 Å². The zero-order chi connectivity index (χ0) is 17.9. The zero-order valence-corrected chi connectivity index (χ0v) is 16.0. The molecule has 24 heavy (non-hydrogen) atoms. The van der Waals surface area contributed by atoms with Crippen molar-refractivity contribution in [3.63, 3.8) is 0 Å². The molecule has 0 aliphatic rings. The van der Waals surface area contributed by atoms with Crippen molar-refractivity contribution in [2.24, 2.45) is 0 Å². The molecule has 0 spiro atoms. The van der Waals surface area contributed by atoms with Gasteiger partial charge in [0.1, 0.15) is 0 Å². The van der Waals surface area contributed by atoms with E-state index in [9.17, 15) is 13.2 Å². The number of carboxylic acid groups (broad SMARTS) is 1. The molecule has 2 rings (SSSR count). The van der Waals surface area contributed by atoms with Crippen LogP contribution in [-0.2, 0) is 14.8 Å². The topological polar surface area (TPSA) is 74.7 Å². The number of hydrogen-bond acceptors (Lipinski definition) is 3. The molecule has 0 bridgehead atoms. The summed E-state index contributed by atoms with van der Waals surface area (Å²) >= 11 is 15.3. The van der Waals surface area contributed by atoms with Gasteiger partial charge in [-0.3, -0.25) is 9.10 Å². The molecule has 0 atom stereocenters. The molecule has 0 aliphatic carbocycles. The van der Waals surface area contributed by atoms with Gasteiger partial charge >= 0.3 is 5.97 Å². The Morgan fingerprint density at radius 1 is 1.12 bits per heavy atom. The summed E-state index contributed by atoms with van der Waals surface area (Å²) in [4.78, 5) is 10.9. The van der Waals surface area contributed by atoms with Crippen molar-refractivity contribution in [2.45, 2.75) is 11.3 Å². The summed E-state index contributed by atoms with van der Waals surface area (Å²) in [6.07, 6.45) is -0.376. The monoisotopic (exact) mass is 451 g/mol. The summed E-state index contributed by atoms with van der Waals surface area (Å²) in [5, 5.41) is 9.37. The van der Waals surface area contributed by atoms with E-state index in [2.05, 4.69) is 15.9 Å². The van der Waals surface area contributed by atoms with Crippen molar-refractivity contribution >= 4 is 60.8 Å². The number of carboxylic acids is 1. The molecule has 0 radical (unpaired) electrons. The second kappa shape index (κ2) is 7.74. The Kier molecular flexibility index (Phi) is 6.14. The predicted molar refractivity (Wildman–Crippen MR) is 97.4 cm³/mol. The van der Waals surface area contributed by atoms with Crippen LogP contribution in [0.3, 0.4) is 0 Å². The summed E-state index contributed by atoms with van der Waals surface area (Å²) < 4.78 is 27.6. The van der Waals surface area contributed by atoms with Crippen molar-refractivity contribution in [3.8, 4) is 0 Å². The number of carbonyl (C=O) groups is 1. The van der Waals surface area contributed by atoms with Gasteiger partial charge in [0.15, 0.2) is 0 Å². The maximum Gasteiger partial charge on any atom is 0.305 e. The number of halogens is 3. The van der Waals surface area contributed by atoms with Gasteiger partial charge < -0.3 is 5.11 Å². The minimum atomic E-state index is -4.00. The molecule has 0 aromatic heterocycles. The van der Waals surface area contributed by atoms with Crippen LogP contribution in [0.4, 0.5) is 5.69 Å². The lowest BCUT2D eigenvalue weighted by Crippen LogP contribution is -2.33. The second-order valence-electron chi connectivity index (χ2n) is 4.77. The fraction of sp³-hybridized carbons (Fsp3) is 0.133. The summed E-state index contributed by atoms with van der Waals surface area (Å²) in [6.45, 7) is -0.270. The van der Waals surface area contributed by atoms with Crippen molar-refractivity contribution in [2.75, 3.05) is 10.8 Å². The first-order valence-corrected chi connectivity index (χ1v) is 9.66. The van der Waals surface area contributed by atoms with Gasteiger partial charge in [-0.15, -0.1) is 0 Å². The standard InChI is InChI=1S/C15H12BrCl2NO4S/c16-10-1-4-12(5-2-10)24(22,23)19(8-7-15(20)21)14-9-11(17)3-6-13(14)18/h1-6,9H,7-8H2,(H,20,21). The van der Waals surface area contributed by atoms with E-state index in [1.165, 1.54) is 30.3 Å². The van der Waals surface area contributed by atoms with Crippen LogP contribution in [0, 0.1) is 0 Å². The van der Waals surface area contributed by atoms with Crippen LogP contribution in [-0.4, -0.2) is 26.0 Å². The van der Waals surface area contributed by atoms with Crippen LogP contribution in [0.5, 0.6) is 0 Å². The lowest BCUT2D eigenvalue weighted by Gasteiger charge is -2.25. The number of sulfonamides is 1. The average Bonchev–Trinajstić information content (AvgIpc) is 2.50. The van der Waals surface area contributed by atoms with E-state index in [0.29, 0.717) is 5.02 Å². The number of anilines is 1. The number of nitrogens with zero attached hydrogens (tertiary/aromatic N) is 1. The molecular weight excluding hydrogens is 441 g/mol. The van der Waals surface area contributed by atoms with E-state index >= 15 is 0 Å². The lowest BCUT2D eigenvalue weighted by molar-refractivity contribution is -0.136. The zero-order valence-electron chi connectivity index (χ0n) is 12.1. The molecule has 128 valence electrons. The van der Waals surface area contributed by atoms with E-state index in [1.807, 2.05) is 0 Å². The van der Waals surface area contributed by atoms with Gasteiger partial charge in [-0.1, -0.05) is 39.1 Å². The van der Waals surface area contributed by atoms with Crippen molar-refractivity contribution in [3.05, 3.63) is 57.0 Å². The summed E-state index contributed by atoms with van der Waals surface area (Å²) in [5.74, 6) is -1.12. The number of hydrogen-bond donors (Lipinski definition) is 1. The SMILES string of the molecule is O=C(O)CCN(c1cc(Cl)ccc1Cl)S(=O)(=O)c1ccc(Br)cc1. The lowest BCUT2D eigenvalue weighted by atomic mass is 10.3. The third-order valence-corrected chi connectivity index (χ3v) is 6.02. The van der Waals surface area contributed by atoms with E-state index in [0.717, 1.165) is 8.78 Å². The van der Waals surface area contributed by atoms with Gasteiger partial charge in [0.05, 0.1) is 22.0 Å². The molecule has 5 nitrogen and oxygen atoms in total. The highest BCUT2D eigenvalue weighted by Crippen LogP contribution is 2.33. The minimum Gasteiger partial charge on any atom is -0.481 e. The fourth-order valence-electron chi connectivity index (χ4n) is 1.98. The van der Waals surface area contributed by atoms with Gasteiger partial charge in [-0.05, 0) is 42.5 Å². The first-order chi connectivity index (χ1) is 11.2. The van der Waals surface area contributed by atoms with E-state index in [-0.39, 0.29) is 28.6 Å². The molecular formula is C15H12BrCl2NO4S. The Bertz CT molecular complexity index is 856. The molecule has 2 aromatic rings. The van der Waals surface area contributed by atoms with Gasteiger partial charge in [0.25, 0.3) is 10.0 Å². The molecule has 0 aliphatic heterocycles. The van der Waals surface area contributed by atoms with Crippen molar-refractivity contribution < 1.29 is 18.3 Å². The average molecular weight is 453 g/mol. The van der Waals surface area contributed by atoms with E-state index in [1.54, 1.807) is 12.1 Å². The molecule has 0 fully saturated rings. The Balaban J connectivity index is 2.54. The van der Waals surface area contributed by atoms with E-state index < -0.39 is 16.0 Å². The first-order valence-electron chi connectivity index (χ1n) is 6.67.